The molecule has 0 spiro atoms. The van der Waals surface area contributed by atoms with E-state index >= 15 is 0 Å². The van der Waals surface area contributed by atoms with Crippen molar-refractivity contribution in [1.29, 1.82) is 0 Å². The summed E-state index contributed by atoms with van der Waals surface area (Å²) in [4.78, 5) is 34.9. The lowest BCUT2D eigenvalue weighted by Crippen LogP contribution is -2.37. The molecule has 0 bridgehead atoms. The van der Waals surface area contributed by atoms with E-state index in [9.17, 15) is 14.4 Å². The molecule has 2 aromatic rings. The molecule has 0 unspecified atom stereocenters. The van der Waals surface area contributed by atoms with E-state index in [0.717, 1.165) is 16.8 Å². The molecule has 0 aromatic heterocycles. The normalized spacial score (nSPS) is 10.3. The minimum absolute atomic E-state index is 0.129. The second-order valence-corrected chi connectivity index (χ2v) is 6.40. The minimum Gasteiger partial charge on any atom is -0.484 e. The number of nitrogens with zero attached hydrogens (tertiary/aromatic N) is 1. The van der Waals surface area contributed by atoms with E-state index < -0.39 is 11.8 Å². The largest absolute Gasteiger partial charge is 0.484 e. The van der Waals surface area contributed by atoms with Crippen LogP contribution in [0.2, 0.25) is 0 Å². The first-order valence-corrected chi connectivity index (χ1v) is 9.21. The minimum atomic E-state index is -0.872. The highest BCUT2D eigenvalue weighted by molar-refractivity contribution is 6.35. The maximum absolute atomic E-state index is 12.0. The summed E-state index contributed by atoms with van der Waals surface area (Å²) in [5, 5.41) is 8.85. The van der Waals surface area contributed by atoms with Gasteiger partial charge in [0, 0.05) is 12.2 Å². The molecule has 8 nitrogen and oxygen atoms in total. The van der Waals surface area contributed by atoms with Gasteiger partial charge < -0.3 is 15.4 Å². The van der Waals surface area contributed by atoms with E-state index in [1.165, 1.54) is 12.3 Å². The molecule has 2 rings (SSSR count). The van der Waals surface area contributed by atoms with Crippen LogP contribution in [0.1, 0.15) is 16.7 Å². The van der Waals surface area contributed by atoms with Crippen LogP contribution in [0.3, 0.4) is 0 Å². The number of hydrogen-bond donors (Lipinski definition) is 3. The summed E-state index contributed by atoms with van der Waals surface area (Å²) in [6, 6.07) is 12.4. The van der Waals surface area contributed by atoms with Crippen molar-refractivity contribution in [3.63, 3.8) is 0 Å². The first kappa shape index (κ1) is 22.4. The molecule has 30 heavy (non-hydrogen) atoms. The summed E-state index contributed by atoms with van der Waals surface area (Å²) >= 11 is 0. The van der Waals surface area contributed by atoms with Gasteiger partial charge in [0.05, 0.1) is 6.21 Å². The Morgan fingerprint density at radius 2 is 1.77 bits per heavy atom. The van der Waals surface area contributed by atoms with Gasteiger partial charge in [-0.05, 0) is 66.9 Å². The van der Waals surface area contributed by atoms with Gasteiger partial charge >= 0.3 is 11.8 Å². The van der Waals surface area contributed by atoms with Crippen LogP contribution in [0.4, 0.5) is 5.69 Å². The van der Waals surface area contributed by atoms with E-state index in [1.807, 2.05) is 32.0 Å². The average Bonchev–Trinajstić information content (AvgIpc) is 2.74. The molecule has 156 valence electrons. The van der Waals surface area contributed by atoms with Crippen LogP contribution in [0.15, 0.2) is 60.2 Å². The summed E-state index contributed by atoms with van der Waals surface area (Å²) in [5.74, 6) is -1.42. The molecule has 0 aliphatic rings. The average molecular weight is 408 g/mol. The van der Waals surface area contributed by atoms with Crippen molar-refractivity contribution in [3.05, 3.63) is 71.8 Å². The zero-order valence-corrected chi connectivity index (χ0v) is 16.9. The topological polar surface area (TPSA) is 109 Å². The summed E-state index contributed by atoms with van der Waals surface area (Å²) in [5.41, 5.74) is 5.77. The van der Waals surface area contributed by atoms with Crippen molar-refractivity contribution >= 4 is 29.6 Å². The third-order valence-corrected chi connectivity index (χ3v) is 4.03. The smallest absolute Gasteiger partial charge is 0.329 e. The number of carbonyl (C=O) groups excluding carboxylic acids is 3. The second kappa shape index (κ2) is 11.2. The van der Waals surface area contributed by atoms with Crippen LogP contribution in [0, 0.1) is 13.8 Å². The predicted molar refractivity (Wildman–Crippen MR) is 115 cm³/mol. The van der Waals surface area contributed by atoms with Crippen LogP contribution in [-0.2, 0) is 14.4 Å². The Morgan fingerprint density at radius 3 is 2.43 bits per heavy atom. The second-order valence-electron chi connectivity index (χ2n) is 6.40. The molecular weight excluding hydrogens is 384 g/mol. The molecule has 0 atom stereocenters. The molecule has 2 aromatic carbocycles. The quantitative estimate of drug-likeness (QED) is 0.269. The molecule has 0 fully saturated rings. The molecule has 0 aliphatic carbocycles. The Labute approximate surface area is 175 Å². The zero-order chi connectivity index (χ0) is 21.9. The highest BCUT2D eigenvalue weighted by atomic mass is 16.5. The fraction of sp³-hybridized carbons (Fsp3) is 0.182. The van der Waals surface area contributed by atoms with Gasteiger partial charge in [-0.2, -0.15) is 5.10 Å². The lowest BCUT2D eigenvalue weighted by atomic mass is 10.1. The van der Waals surface area contributed by atoms with Crippen molar-refractivity contribution in [2.24, 2.45) is 5.10 Å². The molecule has 0 saturated heterocycles. The van der Waals surface area contributed by atoms with Gasteiger partial charge in [0.2, 0.25) is 0 Å². The zero-order valence-electron chi connectivity index (χ0n) is 16.9. The molecule has 8 heteroatoms. The number of hydrazone groups is 1. The fourth-order valence-electron chi connectivity index (χ4n) is 2.28. The van der Waals surface area contributed by atoms with Gasteiger partial charge in [0.1, 0.15) is 5.75 Å². The third-order valence-electron chi connectivity index (χ3n) is 4.03. The Morgan fingerprint density at radius 1 is 1.03 bits per heavy atom. The van der Waals surface area contributed by atoms with Crippen LogP contribution in [0.25, 0.3) is 0 Å². The van der Waals surface area contributed by atoms with Crippen LogP contribution in [-0.4, -0.2) is 37.1 Å². The highest BCUT2D eigenvalue weighted by Crippen LogP contribution is 2.15. The Hall–Kier alpha value is -3.94. The van der Waals surface area contributed by atoms with Crippen molar-refractivity contribution in [2.75, 3.05) is 18.5 Å². The van der Waals surface area contributed by atoms with Crippen LogP contribution in [0.5, 0.6) is 5.75 Å². The molecule has 0 aliphatic heterocycles. The number of amides is 3. The molecule has 0 heterocycles. The van der Waals surface area contributed by atoms with Gasteiger partial charge in [-0.25, -0.2) is 5.43 Å². The van der Waals surface area contributed by atoms with Gasteiger partial charge in [-0.3, -0.25) is 14.4 Å². The number of benzene rings is 2. The first-order valence-electron chi connectivity index (χ1n) is 9.21. The SMILES string of the molecule is C=CCNC(=O)C(=O)N/N=C\c1ccc(OCC(=O)Nc2ccc(C)c(C)c2)cc1. The molecule has 0 radical (unpaired) electrons. The van der Waals surface area contributed by atoms with E-state index in [4.69, 9.17) is 4.74 Å². The number of aryl methyl sites for hydroxylation is 2. The number of hydrogen-bond acceptors (Lipinski definition) is 5. The van der Waals surface area contributed by atoms with Crippen LogP contribution < -0.4 is 20.8 Å². The monoisotopic (exact) mass is 408 g/mol. The van der Waals surface area contributed by atoms with Gasteiger partial charge in [-0.1, -0.05) is 12.1 Å². The maximum Gasteiger partial charge on any atom is 0.329 e. The van der Waals surface area contributed by atoms with E-state index in [-0.39, 0.29) is 19.1 Å². The standard InChI is InChI=1S/C22H24N4O4/c1-4-11-23-21(28)22(29)26-24-13-17-6-9-19(10-7-17)30-14-20(27)25-18-8-5-15(2)16(3)12-18/h4-10,12-13H,1,11,14H2,2-3H3,(H,23,28)(H,25,27)(H,26,29)/b24-13-. The van der Waals surface area contributed by atoms with Crippen molar-refractivity contribution in [2.45, 2.75) is 13.8 Å². The lowest BCUT2D eigenvalue weighted by molar-refractivity contribution is -0.139. The van der Waals surface area contributed by atoms with Crippen molar-refractivity contribution in [1.82, 2.24) is 10.7 Å². The number of rotatable bonds is 8. The lowest BCUT2D eigenvalue weighted by Gasteiger charge is -2.09. The number of anilines is 1. The number of nitrogens with one attached hydrogen (secondary N) is 3. The van der Waals surface area contributed by atoms with E-state index in [2.05, 4.69) is 27.7 Å². The molecular formula is C22H24N4O4. The summed E-state index contributed by atoms with van der Waals surface area (Å²) in [6.07, 6.45) is 2.85. The first-order chi connectivity index (χ1) is 14.4. The third kappa shape index (κ3) is 7.23. The molecule has 3 amide bonds. The summed E-state index contributed by atoms with van der Waals surface area (Å²) in [7, 11) is 0. The Kier molecular flexibility index (Phi) is 8.31. The van der Waals surface area contributed by atoms with E-state index in [0.29, 0.717) is 11.3 Å². The van der Waals surface area contributed by atoms with Gasteiger partial charge in [0.25, 0.3) is 5.91 Å². The fourth-order valence-corrected chi connectivity index (χ4v) is 2.28. The number of carbonyl (C=O) groups is 3. The van der Waals surface area contributed by atoms with Crippen molar-refractivity contribution < 1.29 is 19.1 Å². The number of ether oxygens (including phenoxy) is 1. The van der Waals surface area contributed by atoms with Gasteiger partial charge in [0.15, 0.2) is 6.61 Å². The van der Waals surface area contributed by atoms with E-state index in [1.54, 1.807) is 24.3 Å². The Balaban J connectivity index is 1.79. The Bertz CT molecular complexity index is 952. The molecule has 0 saturated carbocycles. The van der Waals surface area contributed by atoms with Crippen LogP contribution >= 0.6 is 0 Å². The summed E-state index contributed by atoms with van der Waals surface area (Å²) < 4.78 is 5.47. The van der Waals surface area contributed by atoms with Crippen molar-refractivity contribution in [3.8, 4) is 5.75 Å². The predicted octanol–water partition coefficient (Wildman–Crippen LogP) is 2.07. The molecule has 3 N–H and O–H groups in total. The summed E-state index contributed by atoms with van der Waals surface area (Å²) in [6.45, 7) is 7.49. The maximum atomic E-state index is 12.0. The highest BCUT2D eigenvalue weighted by Gasteiger charge is 2.10. The van der Waals surface area contributed by atoms with Gasteiger partial charge in [-0.15, -0.1) is 6.58 Å².